The standard InChI is InChI=1S/C16H16N2O2/c1-15(17-11-7-3-5-9-13(11)19-15)16(2)18-12-8-4-6-10-14(12)20-16/h3-10,17-18H,1-2H3/t15-,16+. The Kier molecular flexibility index (Phi) is 2.06. The van der Waals surface area contributed by atoms with E-state index in [0.29, 0.717) is 0 Å². The van der Waals surface area contributed by atoms with E-state index in [2.05, 4.69) is 10.6 Å². The smallest absolute Gasteiger partial charge is 0.236 e. The van der Waals surface area contributed by atoms with Gasteiger partial charge in [0.1, 0.15) is 11.5 Å². The average Bonchev–Trinajstić information content (AvgIpc) is 2.96. The average molecular weight is 268 g/mol. The maximum Gasteiger partial charge on any atom is 0.236 e. The van der Waals surface area contributed by atoms with E-state index in [1.807, 2.05) is 62.4 Å². The second-order valence-electron chi connectivity index (χ2n) is 5.51. The van der Waals surface area contributed by atoms with Crippen molar-refractivity contribution in [2.24, 2.45) is 0 Å². The van der Waals surface area contributed by atoms with Crippen molar-refractivity contribution in [1.82, 2.24) is 0 Å². The maximum atomic E-state index is 6.11. The molecule has 0 spiro atoms. The molecule has 0 aliphatic carbocycles. The predicted molar refractivity (Wildman–Crippen MR) is 78.2 cm³/mol. The third-order valence-corrected chi connectivity index (χ3v) is 4.06. The van der Waals surface area contributed by atoms with Crippen LogP contribution in [0.5, 0.6) is 11.5 Å². The van der Waals surface area contributed by atoms with Crippen molar-refractivity contribution in [1.29, 1.82) is 0 Å². The van der Waals surface area contributed by atoms with Gasteiger partial charge in [-0.25, -0.2) is 0 Å². The van der Waals surface area contributed by atoms with Gasteiger partial charge in [0.25, 0.3) is 0 Å². The van der Waals surface area contributed by atoms with Gasteiger partial charge in [0.2, 0.25) is 11.4 Å². The summed E-state index contributed by atoms with van der Waals surface area (Å²) in [5, 5.41) is 6.84. The predicted octanol–water partition coefficient (Wildman–Crippen LogP) is 3.43. The molecule has 0 bridgehead atoms. The second kappa shape index (κ2) is 3.60. The van der Waals surface area contributed by atoms with Gasteiger partial charge < -0.3 is 20.1 Å². The van der Waals surface area contributed by atoms with Gasteiger partial charge in [-0.05, 0) is 24.3 Å². The highest BCUT2D eigenvalue weighted by Gasteiger charge is 2.55. The molecule has 0 fully saturated rings. The minimum Gasteiger partial charge on any atom is -0.460 e. The molecule has 2 heterocycles. The number of fused-ring (bicyclic) bond motifs is 2. The van der Waals surface area contributed by atoms with E-state index in [-0.39, 0.29) is 0 Å². The Morgan fingerprint density at radius 2 is 1.10 bits per heavy atom. The molecule has 20 heavy (non-hydrogen) atoms. The van der Waals surface area contributed by atoms with E-state index < -0.39 is 11.4 Å². The van der Waals surface area contributed by atoms with Gasteiger partial charge >= 0.3 is 0 Å². The minimum atomic E-state index is -0.685. The van der Waals surface area contributed by atoms with Crippen LogP contribution in [-0.2, 0) is 0 Å². The summed E-state index contributed by atoms with van der Waals surface area (Å²) < 4.78 is 12.2. The van der Waals surface area contributed by atoms with E-state index >= 15 is 0 Å². The lowest BCUT2D eigenvalue weighted by Gasteiger charge is -2.39. The maximum absolute atomic E-state index is 6.11. The number of nitrogens with one attached hydrogen (secondary N) is 2. The van der Waals surface area contributed by atoms with Crippen LogP contribution in [0.2, 0.25) is 0 Å². The molecule has 0 unspecified atom stereocenters. The van der Waals surface area contributed by atoms with Gasteiger partial charge in [-0.2, -0.15) is 0 Å². The van der Waals surface area contributed by atoms with Gasteiger partial charge in [-0.1, -0.05) is 24.3 Å². The van der Waals surface area contributed by atoms with Gasteiger partial charge in [0.05, 0.1) is 11.4 Å². The van der Waals surface area contributed by atoms with Crippen molar-refractivity contribution in [2.45, 2.75) is 25.3 Å². The van der Waals surface area contributed by atoms with Crippen LogP contribution in [0.15, 0.2) is 48.5 Å². The lowest BCUT2D eigenvalue weighted by Crippen LogP contribution is -2.63. The summed E-state index contributed by atoms with van der Waals surface area (Å²) in [6, 6.07) is 15.8. The molecule has 102 valence electrons. The van der Waals surface area contributed by atoms with Crippen LogP contribution in [0.4, 0.5) is 11.4 Å². The number of hydrogen-bond donors (Lipinski definition) is 2. The van der Waals surface area contributed by atoms with Crippen LogP contribution in [0.25, 0.3) is 0 Å². The molecule has 0 radical (unpaired) electrons. The molecule has 2 aromatic rings. The molecule has 0 amide bonds. The number of benzene rings is 2. The zero-order chi connectivity index (χ0) is 13.8. The number of rotatable bonds is 1. The highest BCUT2D eigenvalue weighted by molar-refractivity contribution is 5.66. The molecule has 4 rings (SSSR count). The Labute approximate surface area is 117 Å². The quantitative estimate of drug-likeness (QED) is 0.831. The Hall–Kier alpha value is -2.36. The van der Waals surface area contributed by atoms with Crippen LogP contribution < -0.4 is 20.1 Å². The van der Waals surface area contributed by atoms with Crippen molar-refractivity contribution in [2.75, 3.05) is 10.6 Å². The van der Waals surface area contributed by atoms with Crippen molar-refractivity contribution < 1.29 is 9.47 Å². The summed E-state index contributed by atoms with van der Waals surface area (Å²) >= 11 is 0. The van der Waals surface area contributed by atoms with Crippen molar-refractivity contribution in [3.05, 3.63) is 48.5 Å². The van der Waals surface area contributed by atoms with Crippen LogP contribution in [-0.4, -0.2) is 11.4 Å². The molecule has 2 atom stereocenters. The number of anilines is 2. The topological polar surface area (TPSA) is 42.5 Å². The van der Waals surface area contributed by atoms with Crippen LogP contribution in [0, 0.1) is 0 Å². The van der Waals surface area contributed by atoms with Gasteiger partial charge in [-0.3, -0.25) is 0 Å². The Bertz CT molecular complexity index is 574. The molecular formula is C16H16N2O2. The van der Waals surface area contributed by atoms with Crippen molar-refractivity contribution in [3.63, 3.8) is 0 Å². The third kappa shape index (κ3) is 1.42. The van der Waals surface area contributed by atoms with Gasteiger partial charge in [0, 0.05) is 13.8 Å². The Morgan fingerprint density at radius 1 is 0.700 bits per heavy atom. The summed E-state index contributed by atoms with van der Waals surface area (Å²) in [5.41, 5.74) is 0.598. The van der Waals surface area contributed by atoms with E-state index in [9.17, 15) is 0 Å². The van der Waals surface area contributed by atoms with Crippen molar-refractivity contribution in [3.8, 4) is 11.5 Å². The number of ether oxygens (including phenoxy) is 2. The first-order valence-electron chi connectivity index (χ1n) is 6.72. The SMILES string of the molecule is C[C@]1([C@]2(C)Nc3ccccc3O2)Nc2ccccc2O1. The molecule has 4 nitrogen and oxygen atoms in total. The summed E-state index contributed by atoms with van der Waals surface area (Å²) in [4.78, 5) is 0. The largest absolute Gasteiger partial charge is 0.460 e. The monoisotopic (exact) mass is 268 g/mol. The summed E-state index contributed by atoms with van der Waals surface area (Å²) in [6.07, 6.45) is 0. The molecule has 0 saturated heterocycles. The van der Waals surface area contributed by atoms with Crippen LogP contribution in [0.1, 0.15) is 13.8 Å². The lowest BCUT2D eigenvalue weighted by atomic mass is 10.0. The summed E-state index contributed by atoms with van der Waals surface area (Å²) in [7, 11) is 0. The molecular weight excluding hydrogens is 252 g/mol. The zero-order valence-corrected chi connectivity index (χ0v) is 11.4. The first kappa shape index (κ1) is 11.5. The fraction of sp³-hybridized carbons (Fsp3) is 0.250. The van der Waals surface area contributed by atoms with Crippen LogP contribution >= 0.6 is 0 Å². The first-order valence-corrected chi connectivity index (χ1v) is 6.72. The summed E-state index contributed by atoms with van der Waals surface area (Å²) in [5.74, 6) is 1.69. The molecule has 0 saturated carbocycles. The molecule has 2 N–H and O–H groups in total. The van der Waals surface area contributed by atoms with Crippen molar-refractivity contribution >= 4 is 11.4 Å². The van der Waals surface area contributed by atoms with E-state index in [4.69, 9.17) is 9.47 Å². The fourth-order valence-electron chi connectivity index (χ4n) is 2.76. The van der Waals surface area contributed by atoms with Gasteiger partial charge in [0.15, 0.2) is 0 Å². The second-order valence-corrected chi connectivity index (χ2v) is 5.51. The van der Waals surface area contributed by atoms with E-state index in [1.165, 1.54) is 0 Å². The lowest BCUT2D eigenvalue weighted by molar-refractivity contribution is -0.0413. The van der Waals surface area contributed by atoms with Crippen LogP contribution in [0.3, 0.4) is 0 Å². The van der Waals surface area contributed by atoms with E-state index in [1.54, 1.807) is 0 Å². The minimum absolute atomic E-state index is 0.685. The highest BCUT2D eigenvalue weighted by Crippen LogP contribution is 2.47. The normalized spacial score (nSPS) is 29.5. The summed E-state index contributed by atoms with van der Waals surface area (Å²) in [6.45, 7) is 3.98. The molecule has 2 aliphatic rings. The molecule has 2 aliphatic heterocycles. The Morgan fingerprint density at radius 3 is 1.50 bits per heavy atom. The first-order chi connectivity index (χ1) is 9.60. The highest BCUT2D eigenvalue weighted by atomic mass is 16.6. The molecule has 4 heteroatoms. The zero-order valence-electron chi connectivity index (χ0n) is 11.4. The number of para-hydroxylation sites is 4. The fourth-order valence-corrected chi connectivity index (χ4v) is 2.76. The molecule has 0 aromatic heterocycles. The Balaban J connectivity index is 1.70. The number of hydrogen-bond acceptors (Lipinski definition) is 4. The third-order valence-electron chi connectivity index (χ3n) is 4.06. The molecule has 2 aromatic carbocycles. The van der Waals surface area contributed by atoms with Gasteiger partial charge in [-0.15, -0.1) is 0 Å². The van der Waals surface area contributed by atoms with E-state index in [0.717, 1.165) is 22.9 Å².